The van der Waals surface area contributed by atoms with Gasteiger partial charge in [0.05, 0.1) is 6.10 Å². The summed E-state index contributed by atoms with van der Waals surface area (Å²) in [4.78, 5) is 12.8. The van der Waals surface area contributed by atoms with E-state index in [9.17, 15) is 9.90 Å². The second-order valence-electron chi connectivity index (χ2n) is 6.04. The third kappa shape index (κ3) is 1.56. The number of aliphatic hydroxyl groups is 1. The predicted molar refractivity (Wildman–Crippen MR) is 76.2 cm³/mol. The fraction of sp³-hybridized carbons (Fsp3) is 0.353. The van der Waals surface area contributed by atoms with Crippen LogP contribution in [0.2, 0.25) is 0 Å². The molecule has 2 aromatic carbocycles. The summed E-state index contributed by atoms with van der Waals surface area (Å²) in [6, 6.07) is 11.6. The molecule has 0 bridgehead atoms. The van der Waals surface area contributed by atoms with E-state index in [1.807, 2.05) is 57.2 Å². The Morgan fingerprint density at radius 3 is 2.42 bits per heavy atom. The molecule has 3 rings (SSSR count). The number of ketones is 1. The van der Waals surface area contributed by atoms with Crippen LogP contribution in [0.15, 0.2) is 36.4 Å². The molecule has 2 aromatic rings. The maximum atomic E-state index is 12.8. The Bertz CT molecular complexity index is 665. The first-order valence-electron chi connectivity index (χ1n) is 6.69. The second-order valence-corrected chi connectivity index (χ2v) is 6.04. The van der Waals surface area contributed by atoms with Crippen LogP contribution in [0, 0.1) is 11.3 Å². The van der Waals surface area contributed by atoms with E-state index in [4.69, 9.17) is 0 Å². The van der Waals surface area contributed by atoms with Crippen molar-refractivity contribution in [3.63, 3.8) is 0 Å². The summed E-state index contributed by atoms with van der Waals surface area (Å²) < 4.78 is 0. The molecule has 1 aliphatic rings. The lowest BCUT2D eigenvalue weighted by Gasteiger charge is -2.31. The first-order chi connectivity index (χ1) is 8.94. The van der Waals surface area contributed by atoms with Crippen molar-refractivity contribution in [3.05, 3.63) is 47.5 Å². The molecular formula is C17H18O2. The molecule has 1 N–H and O–H groups in total. The predicted octanol–water partition coefficient (Wildman–Crippen LogP) is 3.73. The molecule has 0 radical (unpaired) electrons. The number of carbonyl (C=O) groups excluding carboxylic acids is 1. The van der Waals surface area contributed by atoms with E-state index in [2.05, 4.69) is 0 Å². The van der Waals surface area contributed by atoms with Crippen LogP contribution >= 0.6 is 0 Å². The Labute approximate surface area is 113 Å². The number of carbonyl (C=O) groups is 1. The van der Waals surface area contributed by atoms with Crippen LogP contribution in [0.25, 0.3) is 10.8 Å². The lowest BCUT2D eigenvalue weighted by atomic mass is 9.73. The summed E-state index contributed by atoms with van der Waals surface area (Å²) in [5.74, 6) is 0.00704. The van der Waals surface area contributed by atoms with Crippen molar-refractivity contribution >= 4 is 16.6 Å². The normalized spacial score (nSPS) is 25.4. The monoisotopic (exact) mass is 254 g/mol. The van der Waals surface area contributed by atoms with Gasteiger partial charge < -0.3 is 5.11 Å². The number of benzene rings is 2. The van der Waals surface area contributed by atoms with Crippen LogP contribution < -0.4 is 0 Å². The fourth-order valence-electron chi connectivity index (χ4n) is 3.02. The summed E-state index contributed by atoms with van der Waals surface area (Å²) in [6.07, 6.45) is -0.605. The molecule has 19 heavy (non-hydrogen) atoms. The zero-order chi connectivity index (χ0) is 13.8. The fourth-order valence-corrected chi connectivity index (χ4v) is 3.02. The number of hydrogen-bond acceptors (Lipinski definition) is 2. The topological polar surface area (TPSA) is 37.3 Å². The lowest BCUT2D eigenvalue weighted by molar-refractivity contribution is 0.0395. The Morgan fingerprint density at radius 1 is 1.11 bits per heavy atom. The Balaban J connectivity index is 2.45. The summed E-state index contributed by atoms with van der Waals surface area (Å²) in [5, 5.41) is 12.6. The minimum atomic E-state index is -0.605. The highest BCUT2D eigenvalue weighted by Crippen LogP contribution is 2.45. The van der Waals surface area contributed by atoms with Crippen molar-refractivity contribution in [1.29, 1.82) is 0 Å². The van der Waals surface area contributed by atoms with Gasteiger partial charge in [0.2, 0.25) is 0 Å². The molecule has 0 fully saturated rings. The lowest BCUT2D eigenvalue weighted by Crippen LogP contribution is -2.33. The zero-order valence-electron chi connectivity index (χ0n) is 11.5. The number of aliphatic hydroxyl groups excluding tert-OH is 1. The minimum Gasteiger partial charge on any atom is -0.388 e. The van der Waals surface area contributed by atoms with E-state index in [1.54, 1.807) is 0 Å². The Hall–Kier alpha value is -1.67. The van der Waals surface area contributed by atoms with Gasteiger partial charge in [-0.3, -0.25) is 4.79 Å². The van der Waals surface area contributed by atoms with Crippen LogP contribution in [0.4, 0.5) is 0 Å². The number of hydrogen-bond donors (Lipinski definition) is 1. The molecule has 0 heterocycles. The molecule has 0 saturated heterocycles. The van der Waals surface area contributed by atoms with Crippen LogP contribution in [-0.2, 0) is 0 Å². The number of Topliss-reactive ketones (excluding diaryl/α,β-unsaturated/α-hetero) is 1. The SMILES string of the molecule is CC1C(O)c2cccc3cccc(c23)C(=O)C1(C)C. The van der Waals surface area contributed by atoms with E-state index in [-0.39, 0.29) is 11.7 Å². The molecule has 2 atom stereocenters. The molecular weight excluding hydrogens is 236 g/mol. The molecule has 1 aliphatic carbocycles. The van der Waals surface area contributed by atoms with Gasteiger partial charge in [-0.1, -0.05) is 57.2 Å². The summed E-state index contributed by atoms with van der Waals surface area (Å²) in [7, 11) is 0. The van der Waals surface area contributed by atoms with Crippen molar-refractivity contribution in [2.24, 2.45) is 11.3 Å². The van der Waals surface area contributed by atoms with Crippen molar-refractivity contribution < 1.29 is 9.90 Å². The first kappa shape index (κ1) is 12.4. The highest BCUT2D eigenvalue weighted by Gasteiger charge is 2.42. The van der Waals surface area contributed by atoms with E-state index in [0.717, 1.165) is 21.9 Å². The van der Waals surface area contributed by atoms with Crippen molar-refractivity contribution in [2.75, 3.05) is 0 Å². The second kappa shape index (κ2) is 3.91. The Morgan fingerprint density at radius 2 is 1.74 bits per heavy atom. The van der Waals surface area contributed by atoms with Gasteiger partial charge in [0.25, 0.3) is 0 Å². The van der Waals surface area contributed by atoms with Crippen molar-refractivity contribution in [3.8, 4) is 0 Å². The van der Waals surface area contributed by atoms with E-state index in [0.29, 0.717) is 0 Å². The van der Waals surface area contributed by atoms with Crippen molar-refractivity contribution in [2.45, 2.75) is 26.9 Å². The standard InChI is InChI=1S/C17H18O2/c1-10-15(18)12-8-4-6-11-7-5-9-13(14(11)12)16(19)17(10,2)3/h4-10,15,18H,1-3H3. The van der Waals surface area contributed by atoms with Crippen LogP contribution in [0.5, 0.6) is 0 Å². The smallest absolute Gasteiger partial charge is 0.169 e. The highest BCUT2D eigenvalue weighted by molar-refractivity contribution is 6.12. The Kier molecular flexibility index (Phi) is 2.55. The first-order valence-corrected chi connectivity index (χ1v) is 6.69. The molecule has 0 aliphatic heterocycles. The number of rotatable bonds is 0. The molecule has 98 valence electrons. The summed E-state index contributed by atoms with van der Waals surface area (Å²) in [5.41, 5.74) is 1.05. The molecule has 0 spiro atoms. The molecule has 0 aromatic heterocycles. The van der Waals surface area contributed by atoms with Gasteiger partial charge in [0.1, 0.15) is 0 Å². The van der Waals surface area contributed by atoms with E-state index < -0.39 is 11.5 Å². The van der Waals surface area contributed by atoms with Gasteiger partial charge in [-0.2, -0.15) is 0 Å². The highest BCUT2D eigenvalue weighted by atomic mass is 16.3. The maximum absolute atomic E-state index is 12.8. The van der Waals surface area contributed by atoms with Crippen LogP contribution in [0.1, 0.15) is 42.8 Å². The molecule has 2 nitrogen and oxygen atoms in total. The van der Waals surface area contributed by atoms with Gasteiger partial charge in [-0.15, -0.1) is 0 Å². The average molecular weight is 254 g/mol. The average Bonchev–Trinajstić information content (AvgIpc) is 2.47. The maximum Gasteiger partial charge on any atom is 0.169 e. The van der Waals surface area contributed by atoms with E-state index >= 15 is 0 Å². The summed E-state index contributed by atoms with van der Waals surface area (Å²) >= 11 is 0. The zero-order valence-corrected chi connectivity index (χ0v) is 11.5. The third-order valence-electron chi connectivity index (χ3n) is 4.70. The van der Waals surface area contributed by atoms with Crippen LogP contribution in [-0.4, -0.2) is 10.9 Å². The quantitative estimate of drug-likeness (QED) is 0.777. The summed E-state index contributed by atoms with van der Waals surface area (Å²) in [6.45, 7) is 5.80. The van der Waals surface area contributed by atoms with E-state index in [1.165, 1.54) is 0 Å². The minimum absolute atomic E-state index is 0.113. The molecule has 2 heteroatoms. The van der Waals surface area contributed by atoms with Crippen molar-refractivity contribution in [1.82, 2.24) is 0 Å². The largest absolute Gasteiger partial charge is 0.388 e. The third-order valence-corrected chi connectivity index (χ3v) is 4.70. The van der Waals surface area contributed by atoms with Gasteiger partial charge in [0, 0.05) is 11.0 Å². The molecule has 0 amide bonds. The van der Waals surface area contributed by atoms with Gasteiger partial charge in [-0.25, -0.2) is 0 Å². The van der Waals surface area contributed by atoms with Gasteiger partial charge in [-0.05, 0) is 22.3 Å². The van der Waals surface area contributed by atoms with Gasteiger partial charge in [0.15, 0.2) is 5.78 Å². The molecule has 0 saturated carbocycles. The van der Waals surface area contributed by atoms with Crippen LogP contribution in [0.3, 0.4) is 0 Å². The van der Waals surface area contributed by atoms with Gasteiger partial charge >= 0.3 is 0 Å². The molecule has 2 unspecified atom stereocenters.